The first-order valence-electron chi connectivity index (χ1n) is 8.80. The van der Waals surface area contributed by atoms with Crippen LogP contribution in [0.4, 0.5) is 13.2 Å². The molecule has 160 valence electrons. The summed E-state index contributed by atoms with van der Waals surface area (Å²) in [6.45, 7) is 7.43. The van der Waals surface area contributed by atoms with E-state index in [0.717, 1.165) is 25.3 Å². The van der Waals surface area contributed by atoms with Gasteiger partial charge in [0.2, 0.25) is 0 Å². The Kier molecular flexibility index (Phi) is 11.8. The van der Waals surface area contributed by atoms with Gasteiger partial charge < -0.3 is 10.2 Å². The fourth-order valence-corrected chi connectivity index (χ4v) is 3.73. The Balaban J connectivity index is 0.00000676. The maximum Gasteiger partial charge on any atom is 0.511 e. The maximum atomic E-state index is 12.6. The SMILES string of the molecule is C=CCCCN(C)C(=NCC1CCN(S(=O)(=O)C(F)(F)F)CC1)NCC.I. The first-order valence-corrected chi connectivity index (χ1v) is 10.2. The van der Waals surface area contributed by atoms with Crippen molar-refractivity contribution in [3.8, 4) is 0 Å². The third kappa shape index (κ3) is 8.14. The molecule has 0 radical (unpaired) electrons. The highest BCUT2D eigenvalue weighted by molar-refractivity contribution is 14.0. The van der Waals surface area contributed by atoms with Gasteiger partial charge in [-0.25, -0.2) is 8.42 Å². The van der Waals surface area contributed by atoms with E-state index in [0.29, 0.717) is 30.2 Å². The summed E-state index contributed by atoms with van der Waals surface area (Å²) in [6.07, 6.45) is 4.48. The van der Waals surface area contributed by atoms with E-state index in [9.17, 15) is 21.6 Å². The fraction of sp³-hybridized carbons (Fsp3) is 0.812. The average molecular weight is 526 g/mol. The second-order valence-electron chi connectivity index (χ2n) is 6.34. The van der Waals surface area contributed by atoms with Crippen LogP contribution >= 0.6 is 24.0 Å². The lowest BCUT2D eigenvalue weighted by Gasteiger charge is -2.31. The summed E-state index contributed by atoms with van der Waals surface area (Å²) in [6, 6.07) is 0. The summed E-state index contributed by atoms with van der Waals surface area (Å²) in [4.78, 5) is 6.58. The molecule has 0 unspecified atom stereocenters. The highest BCUT2D eigenvalue weighted by atomic mass is 127. The van der Waals surface area contributed by atoms with Gasteiger partial charge in [0.25, 0.3) is 0 Å². The first-order chi connectivity index (χ1) is 12.1. The highest BCUT2D eigenvalue weighted by Crippen LogP contribution is 2.30. The molecule has 27 heavy (non-hydrogen) atoms. The normalized spacial score (nSPS) is 17.3. The zero-order valence-corrected chi connectivity index (χ0v) is 19.0. The van der Waals surface area contributed by atoms with E-state index in [4.69, 9.17) is 0 Å². The summed E-state index contributed by atoms with van der Waals surface area (Å²) in [5.41, 5.74) is -5.23. The number of guanidine groups is 1. The van der Waals surface area contributed by atoms with Crippen molar-refractivity contribution in [3.63, 3.8) is 0 Å². The summed E-state index contributed by atoms with van der Waals surface area (Å²) in [7, 11) is -3.29. The molecule has 1 rings (SSSR count). The molecule has 0 spiro atoms. The molecule has 1 heterocycles. The van der Waals surface area contributed by atoms with Crippen molar-refractivity contribution in [2.75, 3.05) is 39.8 Å². The number of halogens is 4. The smallest absolute Gasteiger partial charge is 0.357 e. The Hall–Kier alpha value is -0.560. The molecule has 0 aromatic carbocycles. The molecule has 0 bridgehead atoms. The molecule has 6 nitrogen and oxygen atoms in total. The minimum Gasteiger partial charge on any atom is -0.357 e. The second kappa shape index (κ2) is 12.1. The highest BCUT2D eigenvalue weighted by Gasteiger charge is 2.50. The molecule has 0 saturated carbocycles. The van der Waals surface area contributed by atoms with E-state index in [-0.39, 0.29) is 43.0 Å². The predicted molar refractivity (Wildman–Crippen MR) is 113 cm³/mol. The number of hydrogen-bond donors (Lipinski definition) is 1. The standard InChI is InChI=1S/C16H29F3N4O2S.HI/c1-4-6-7-10-22(3)15(20-5-2)21-13-14-8-11-23(12-9-14)26(24,25)16(17,18)19;/h4,14H,1,5-13H2,2-3H3,(H,20,21);1H. The van der Waals surface area contributed by atoms with Crippen molar-refractivity contribution in [1.82, 2.24) is 14.5 Å². The van der Waals surface area contributed by atoms with Gasteiger partial charge in [-0.05, 0) is 38.5 Å². The molecule has 1 N–H and O–H groups in total. The number of hydrogen-bond acceptors (Lipinski definition) is 3. The van der Waals surface area contributed by atoms with Gasteiger partial charge in [0.1, 0.15) is 0 Å². The molecule has 11 heteroatoms. The third-order valence-corrected chi connectivity index (χ3v) is 5.93. The van der Waals surface area contributed by atoms with Gasteiger partial charge in [0.05, 0.1) is 0 Å². The Morgan fingerprint density at radius 3 is 2.44 bits per heavy atom. The Morgan fingerprint density at radius 2 is 1.96 bits per heavy atom. The zero-order valence-electron chi connectivity index (χ0n) is 15.8. The van der Waals surface area contributed by atoms with Gasteiger partial charge in [-0.15, -0.1) is 30.6 Å². The number of alkyl halides is 3. The van der Waals surface area contributed by atoms with Gasteiger partial charge in [-0.3, -0.25) is 4.99 Å². The quantitative estimate of drug-likeness (QED) is 0.174. The molecular formula is C16H30F3IN4O2S. The molecule has 0 amide bonds. The molecule has 0 aliphatic carbocycles. The largest absolute Gasteiger partial charge is 0.511 e. The second-order valence-corrected chi connectivity index (χ2v) is 8.27. The van der Waals surface area contributed by atoms with Crippen LogP contribution in [0, 0.1) is 5.92 Å². The van der Waals surface area contributed by atoms with Crippen LogP contribution in [-0.2, 0) is 10.0 Å². The predicted octanol–water partition coefficient (Wildman–Crippen LogP) is 3.03. The van der Waals surface area contributed by atoms with Gasteiger partial charge in [0.15, 0.2) is 5.96 Å². The topological polar surface area (TPSA) is 65.0 Å². The summed E-state index contributed by atoms with van der Waals surface area (Å²) in [5, 5.41) is 3.20. The van der Waals surface area contributed by atoms with Crippen LogP contribution in [0.1, 0.15) is 32.6 Å². The molecule has 1 saturated heterocycles. The van der Waals surface area contributed by atoms with Crippen molar-refractivity contribution in [2.45, 2.75) is 38.1 Å². The van der Waals surface area contributed by atoms with Crippen LogP contribution in [0.2, 0.25) is 0 Å². The van der Waals surface area contributed by atoms with E-state index < -0.39 is 15.5 Å². The number of allylic oxidation sites excluding steroid dienone is 1. The molecule has 1 aliphatic rings. The monoisotopic (exact) mass is 526 g/mol. The van der Waals surface area contributed by atoms with Crippen molar-refractivity contribution >= 4 is 40.0 Å². The summed E-state index contributed by atoms with van der Waals surface area (Å²) in [5.74, 6) is 0.826. The number of nitrogens with one attached hydrogen (secondary N) is 1. The summed E-state index contributed by atoms with van der Waals surface area (Å²) >= 11 is 0. The van der Waals surface area contributed by atoms with Crippen LogP contribution in [0.3, 0.4) is 0 Å². The number of aliphatic imine (C=N–C) groups is 1. The number of nitrogens with zero attached hydrogens (tertiary/aromatic N) is 3. The molecule has 1 aliphatic heterocycles. The van der Waals surface area contributed by atoms with Crippen molar-refractivity contribution in [1.29, 1.82) is 0 Å². The van der Waals surface area contributed by atoms with E-state index in [2.05, 4.69) is 16.9 Å². The van der Waals surface area contributed by atoms with E-state index in [1.165, 1.54) is 0 Å². The van der Waals surface area contributed by atoms with Crippen LogP contribution in [0.5, 0.6) is 0 Å². The molecular weight excluding hydrogens is 496 g/mol. The summed E-state index contributed by atoms with van der Waals surface area (Å²) < 4.78 is 61.2. The lowest BCUT2D eigenvalue weighted by Crippen LogP contribution is -2.45. The van der Waals surface area contributed by atoms with Crippen LogP contribution < -0.4 is 5.32 Å². The van der Waals surface area contributed by atoms with E-state index >= 15 is 0 Å². The van der Waals surface area contributed by atoms with E-state index in [1.807, 2.05) is 24.9 Å². The molecule has 0 aromatic heterocycles. The lowest BCUT2D eigenvalue weighted by molar-refractivity contribution is -0.0496. The van der Waals surface area contributed by atoms with Crippen molar-refractivity contribution in [3.05, 3.63) is 12.7 Å². The Morgan fingerprint density at radius 1 is 1.37 bits per heavy atom. The van der Waals surface area contributed by atoms with Crippen molar-refractivity contribution < 1.29 is 21.6 Å². The Labute approximate surface area is 177 Å². The van der Waals surface area contributed by atoms with Gasteiger partial charge in [-0.1, -0.05) is 6.08 Å². The molecule has 0 aromatic rings. The first kappa shape index (κ1) is 26.4. The third-order valence-electron chi connectivity index (χ3n) is 4.30. The minimum atomic E-state index is -5.23. The number of rotatable bonds is 8. The van der Waals surface area contributed by atoms with Crippen LogP contribution in [0.15, 0.2) is 17.6 Å². The van der Waals surface area contributed by atoms with Crippen LogP contribution in [0.25, 0.3) is 0 Å². The zero-order chi connectivity index (χ0) is 19.8. The number of sulfonamides is 1. The molecule has 0 atom stereocenters. The Bertz CT molecular complexity index is 577. The number of piperidine rings is 1. The van der Waals surface area contributed by atoms with Crippen LogP contribution in [-0.4, -0.2) is 68.9 Å². The average Bonchev–Trinajstić information content (AvgIpc) is 2.58. The fourth-order valence-electron chi connectivity index (χ4n) is 2.74. The van der Waals surface area contributed by atoms with E-state index in [1.54, 1.807) is 0 Å². The maximum absolute atomic E-state index is 12.6. The number of unbranched alkanes of at least 4 members (excludes halogenated alkanes) is 1. The lowest BCUT2D eigenvalue weighted by atomic mass is 9.98. The van der Waals surface area contributed by atoms with Gasteiger partial charge in [0, 0.05) is 39.8 Å². The van der Waals surface area contributed by atoms with Gasteiger partial charge in [-0.2, -0.15) is 17.5 Å². The molecule has 1 fully saturated rings. The minimum absolute atomic E-state index is 0. The van der Waals surface area contributed by atoms with Gasteiger partial charge >= 0.3 is 15.5 Å². The van der Waals surface area contributed by atoms with Crippen molar-refractivity contribution in [2.24, 2.45) is 10.9 Å².